The SMILES string of the molecule is CNCCCN(C)c1ncc(Br)cc1N. The van der Waals surface area contributed by atoms with Crippen molar-refractivity contribution in [3.63, 3.8) is 0 Å². The second-order valence-corrected chi connectivity index (χ2v) is 4.36. The van der Waals surface area contributed by atoms with Crippen molar-refractivity contribution in [3.8, 4) is 0 Å². The second kappa shape index (κ2) is 5.92. The number of nitrogens with one attached hydrogen (secondary N) is 1. The monoisotopic (exact) mass is 272 g/mol. The van der Waals surface area contributed by atoms with E-state index in [0.717, 1.165) is 29.8 Å². The minimum absolute atomic E-state index is 0.705. The molecule has 4 nitrogen and oxygen atoms in total. The van der Waals surface area contributed by atoms with Gasteiger partial charge in [-0.25, -0.2) is 4.98 Å². The minimum Gasteiger partial charge on any atom is -0.396 e. The molecule has 1 aromatic rings. The Morgan fingerprint density at radius 2 is 2.33 bits per heavy atom. The Morgan fingerprint density at radius 1 is 1.60 bits per heavy atom. The summed E-state index contributed by atoms with van der Waals surface area (Å²) in [6, 6.07) is 1.87. The zero-order chi connectivity index (χ0) is 11.3. The highest BCUT2D eigenvalue weighted by Crippen LogP contribution is 2.22. The van der Waals surface area contributed by atoms with E-state index in [2.05, 4.69) is 31.1 Å². The number of nitrogens with zero attached hydrogens (tertiary/aromatic N) is 2. The average Bonchev–Trinajstić information content (AvgIpc) is 2.17. The van der Waals surface area contributed by atoms with Crippen LogP contribution in [0.2, 0.25) is 0 Å². The van der Waals surface area contributed by atoms with Crippen LogP contribution in [0.15, 0.2) is 16.7 Å². The summed E-state index contributed by atoms with van der Waals surface area (Å²) in [6.45, 7) is 1.94. The predicted octanol–water partition coefficient (Wildman–Crippen LogP) is 1.47. The molecule has 0 aromatic carbocycles. The highest BCUT2D eigenvalue weighted by molar-refractivity contribution is 9.10. The molecule has 0 spiro atoms. The van der Waals surface area contributed by atoms with Crippen LogP contribution in [0, 0.1) is 0 Å². The molecule has 0 unspecified atom stereocenters. The quantitative estimate of drug-likeness (QED) is 0.798. The summed E-state index contributed by atoms with van der Waals surface area (Å²) in [4.78, 5) is 6.36. The molecule has 0 aliphatic rings. The molecule has 0 aliphatic heterocycles. The molecule has 0 saturated carbocycles. The molecule has 0 aliphatic carbocycles. The molecule has 1 heterocycles. The third kappa shape index (κ3) is 3.68. The molecule has 5 heteroatoms. The van der Waals surface area contributed by atoms with Crippen LogP contribution in [0.25, 0.3) is 0 Å². The lowest BCUT2D eigenvalue weighted by Gasteiger charge is -2.19. The third-order valence-electron chi connectivity index (χ3n) is 2.14. The van der Waals surface area contributed by atoms with Gasteiger partial charge in [-0.1, -0.05) is 0 Å². The number of halogens is 1. The maximum absolute atomic E-state index is 5.88. The van der Waals surface area contributed by atoms with E-state index in [1.165, 1.54) is 0 Å². The van der Waals surface area contributed by atoms with Gasteiger partial charge in [0.15, 0.2) is 5.82 Å². The van der Waals surface area contributed by atoms with E-state index in [1.807, 2.05) is 20.2 Å². The highest BCUT2D eigenvalue weighted by atomic mass is 79.9. The van der Waals surface area contributed by atoms with Gasteiger partial charge in [0.2, 0.25) is 0 Å². The van der Waals surface area contributed by atoms with Crippen LogP contribution in [0.5, 0.6) is 0 Å². The standard InChI is InChI=1S/C10H17BrN4/c1-13-4-3-5-15(2)10-9(12)6-8(11)7-14-10/h6-7,13H,3-5,12H2,1-2H3. The van der Waals surface area contributed by atoms with Gasteiger partial charge in [-0.2, -0.15) is 0 Å². The van der Waals surface area contributed by atoms with Crippen LogP contribution >= 0.6 is 15.9 Å². The topological polar surface area (TPSA) is 54.2 Å². The van der Waals surface area contributed by atoms with Crippen LogP contribution in [0.4, 0.5) is 11.5 Å². The first-order valence-electron chi connectivity index (χ1n) is 4.92. The second-order valence-electron chi connectivity index (χ2n) is 3.45. The number of hydrogen-bond donors (Lipinski definition) is 2. The van der Waals surface area contributed by atoms with E-state index in [-0.39, 0.29) is 0 Å². The molecular weight excluding hydrogens is 256 g/mol. The molecule has 0 radical (unpaired) electrons. The van der Waals surface area contributed by atoms with Crippen LogP contribution in [0.3, 0.4) is 0 Å². The zero-order valence-electron chi connectivity index (χ0n) is 9.13. The molecule has 84 valence electrons. The molecule has 0 fully saturated rings. The maximum atomic E-state index is 5.88. The van der Waals surface area contributed by atoms with Gasteiger partial charge in [-0.15, -0.1) is 0 Å². The fraction of sp³-hybridized carbons (Fsp3) is 0.500. The Morgan fingerprint density at radius 3 is 2.93 bits per heavy atom. The predicted molar refractivity (Wildman–Crippen MR) is 68.2 cm³/mol. The molecule has 0 bridgehead atoms. The molecule has 0 amide bonds. The lowest BCUT2D eigenvalue weighted by atomic mass is 10.3. The van der Waals surface area contributed by atoms with Crippen molar-refractivity contribution in [1.82, 2.24) is 10.3 Å². The van der Waals surface area contributed by atoms with Gasteiger partial charge in [-0.05, 0) is 42.0 Å². The Labute approximate surface area is 99.0 Å². The summed E-state index contributed by atoms with van der Waals surface area (Å²) in [7, 11) is 3.95. The van der Waals surface area contributed by atoms with Crippen LogP contribution < -0.4 is 16.0 Å². The van der Waals surface area contributed by atoms with Crippen LogP contribution in [-0.2, 0) is 0 Å². The van der Waals surface area contributed by atoms with Crippen molar-refractivity contribution in [2.75, 3.05) is 37.8 Å². The lowest BCUT2D eigenvalue weighted by Crippen LogP contribution is -2.23. The van der Waals surface area contributed by atoms with Gasteiger partial charge in [0.25, 0.3) is 0 Å². The van der Waals surface area contributed by atoms with Gasteiger partial charge in [-0.3, -0.25) is 0 Å². The largest absolute Gasteiger partial charge is 0.396 e. The normalized spacial score (nSPS) is 10.3. The average molecular weight is 273 g/mol. The fourth-order valence-corrected chi connectivity index (χ4v) is 1.71. The van der Waals surface area contributed by atoms with E-state index < -0.39 is 0 Å². The summed E-state index contributed by atoms with van der Waals surface area (Å²) in [5.41, 5.74) is 6.58. The molecular formula is C10H17BrN4. The van der Waals surface area contributed by atoms with Gasteiger partial charge in [0, 0.05) is 24.3 Å². The van der Waals surface area contributed by atoms with Crippen LogP contribution in [-0.4, -0.2) is 32.2 Å². The van der Waals surface area contributed by atoms with Crippen molar-refractivity contribution in [2.45, 2.75) is 6.42 Å². The summed E-state index contributed by atoms with van der Waals surface area (Å²) in [6.07, 6.45) is 2.84. The Hall–Kier alpha value is -0.810. The summed E-state index contributed by atoms with van der Waals surface area (Å²) in [5.74, 6) is 0.842. The first-order valence-corrected chi connectivity index (χ1v) is 5.71. The van der Waals surface area contributed by atoms with E-state index in [4.69, 9.17) is 5.73 Å². The van der Waals surface area contributed by atoms with Crippen molar-refractivity contribution in [1.29, 1.82) is 0 Å². The first kappa shape index (κ1) is 12.3. The van der Waals surface area contributed by atoms with Gasteiger partial charge in [0.1, 0.15) is 0 Å². The third-order valence-corrected chi connectivity index (χ3v) is 2.58. The highest BCUT2D eigenvalue weighted by Gasteiger charge is 2.06. The molecule has 0 atom stereocenters. The number of anilines is 2. The van der Waals surface area contributed by atoms with Gasteiger partial charge < -0.3 is 16.0 Å². The number of aromatic nitrogens is 1. The van der Waals surface area contributed by atoms with Crippen molar-refractivity contribution in [3.05, 3.63) is 16.7 Å². The Kier molecular flexibility index (Phi) is 4.84. The number of rotatable bonds is 5. The minimum atomic E-state index is 0.705. The van der Waals surface area contributed by atoms with Crippen molar-refractivity contribution < 1.29 is 0 Å². The first-order chi connectivity index (χ1) is 7.15. The summed E-state index contributed by atoms with van der Waals surface area (Å²) in [5, 5.41) is 3.11. The van der Waals surface area contributed by atoms with Crippen molar-refractivity contribution in [2.24, 2.45) is 0 Å². The van der Waals surface area contributed by atoms with E-state index in [1.54, 1.807) is 6.20 Å². The lowest BCUT2D eigenvalue weighted by molar-refractivity contribution is 0.709. The number of pyridine rings is 1. The van der Waals surface area contributed by atoms with Crippen molar-refractivity contribution >= 4 is 27.4 Å². The molecule has 1 rings (SSSR count). The fourth-order valence-electron chi connectivity index (χ4n) is 1.37. The Bertz CT molecular complexity index is 316. The van der Waals surface area contributed by atoms with Crippen LogP contribution in [0.1, 0.15) is 6.42 Å². The number of nitrogens with two attached hydrogens (primary N) is 1. The van der Waals surface area contributed by atoms with E-state index in [9.17, 15) is 0 Å². The summed E-state index contributed by atoms with van der Waals surface area (Å²) >= 11 is 3.34. The smallest absolute Gasteiger partial charge is 0.151 e. The molecule has 1 aromatic heterocycles. The zero-order valence-corrected chi connectivity index (χ0v) is 10.7. The van der Waals surface area contributed by atoms with E-state index >= 15 is 0 Å². The molecule has 3 N–H and O–H groups in total. The number of nitrogen functional groups attached to an aromatic ring is 1. The summed E-state index contributed by atoms with van der Waals surface area (Å²) < 4.78 is 0.910. The van der Waals surface area contributed by atoms with Gasteiger partial charge >= 0.3 is 0 Å². The molecule has 15 heavy (non-hydrogen) atoms. The number of hydrogen-bond acceptors (Lipinski definition) is 4. The molecule has 0 saturated heterocycles. The van der Waals surface area contributed by atoms with Gasteiger partial charge in [0.05, 0.1) is 5.69 Å². The maximum Gasteiger partial charge on any atom is 0.151 e. The Balaban J connectivity index is 2.61. The van der Waals surface area contributed by atoms with E-state index in [0.29, 0.717) is 5.69 Å².